The summed E-state index contributed by atoms with van der Waals surface area (Å²) < 4.78 is 27.3. The van der Waals surface area contributed by atoms with Crippen molar-refractivity contribution in [1.29, 1.82) is 0 Å². The maximum absolute atomic E-state index is 12.2. The summed E-state index contributed by atoms with van der Waals surface area (Å²) in [6.07, 6.45) is 4.40. The quantitative estimate of drug-likeness (QED) is 0.811. The molecule has 0 aliphatic carbocycles. The number of aromatic nitrogens is 1. The summed E-state index contributed by atoms with van der Waals surface area (Å²) in [7, 11) is -3.22. The van der Waals surface area contributed by atoms with Crippen molar-refractivity contribution in [1.82, 2.24) is 9.71 Å². The van der Waals surface area contributed by atoms with Gasteiger partial charge in [0.2, 0.25) is 10.0 Å². The molecule has 140 valence electrons. The van der Waals surface area contributed by atoms with Gasteiger partial charge in [0, 0.05) is 37.2 Å². The van der Waals surface area contributed by atoms with Gasteiger partial charge in [-0.25, -0.2) is 13.1 Å². The number of benzene rings is 1. The molecule has 1 aliphatic heterocycles. The predicted octanol–water partition coefficient (Wildman–Crippen LogP) is 2.77. The fourth-order valence-corrected chi connectivity index (χ4v) is 4.47. The third kappa shape index (κ3) is 5.54. The lowest BCUT2D eigenvalue weighted by Gasteiger charge is -2.33. The predicted molar refractivity (Wildman–Crippen MR) is 106 cm³/mol. The van der Waals surface area contributed by atoms with E-state index in [2.05, 4.69) is 20.7 Å². The molecule has 0 radical (unpaired) electrons. The summed E-state index contributed by atoms with van der Waals surface area (Å²) in [5.74, 6) is 0.548. The van der Waals surface area contributed by atoms with Crippen molar-refractivity contribution in [2.24, 2.45) is 5.92 Å². The summed E-state index contributed by atoms with van der Waals surface area (Å²) in [4.78, 5) is 6.60. The smallest absolute Gasteiger partial charge is 0.211 e. The number of anilines is 1. The Morgan fingerprint density at radius 3 is 2.58 bits per heavy atom. The van der Waals surface area contributed by atoms with Crippen LogP contribution < -0.4 is 9.62 Å². The monoisotopic (exact) mass is 373 g/mol. The second-order valence-corrected chi connectivity index (χ2v) is 8.92. The minimum atomic E-state index is -3.22. The highest BCUT2D eigenvalue weighted by Crippen LogP contribution is 2.23. The van der Waals surface area contributed by atoms with E-state index >= 15 is 0 Å². The van der Waals surface area contributed by atoms with Crippen LogP contribution in [0.5, 0.6) is 0 Å². The van der Waals surface area contributed by atoms with Gasteiger partial charge in [0.1, 0.15) is 0 Å². The Morgan fingerprint density at radius 2 is 1.88 bits per heavy atom. The molecule has 2 heterocycles. The van der Waals surface area contributed by atoms with Gasteiger partial charge in [0.15, 0.2) is 0 Å². The van der Waals surface area contributed by atoms with Crippen molar-refractivity contribution >= 4 is 15.7 Å². The maximum Gasteiger partial charge on any atom is 0.211 e. The fourth-order valence-electron chi connectivity index (χ4n) is 3.34. The van der Waals surface area contributed by atoms with E-state index in [1.165, 1.54) is 5.69 Å². The van der Waals surface area contributed by atoms with E-state index in [4.69, 9.17) is 0 Å². The topological polar surface area (TPSA) is 62.3 Å². The molecule has 2 aromatic rings. The lowest BCUT2D eigenvalue weighted by atomic mass is 9.97. The van der Waals surface area contributed by atoms with Crippen LogP contribution in [0, 0.1) is 12.8 Å². The number of pyridine rings is 1. The summed E-state index contributed by atoms with van der Waals surface area (Å²) in [6.45, 7) is 4.46. The molecule has 0 saturated carbocycles. The van der Waals surface area contributed by atoms with E-state index in [1.54, 1.807) is 0 Å². The molecule has 26 heavy (non-hydrogen) atoms. The van der Waals surface area contributed by atoms with Gasteiger partial charge >= 0.3 is 0 Å². The molecule has 5 nitrogen and oxygen atoms in total. The average molecular weight is 374 g/mol. The first-order chi connectivity index (χ1) is 12.5. The van der Waals surface area contributed by atoms with Crippen molar-refractivity contribution in [2.75, 3.05) is 30.3 Å². The van der Waals surface area contributed by atoms with E-state index in [-0.39, 0.29) is 5.75 Å². The number of aryl methyl sites for hydroxylation is 2. The summed E-state index contributed by atoms with van der Waals surface area (Å²) in [5, 5.41) is 0. The Bertz CT molecular complexity index is 801. The normalized spacial score (nSPS) is 16.0. The first-order valence-electron chi connectivity index (χ1n) is 9.21. The van der Waals surface area contributed by atoms with E-state index in [1.807, 2.05) is 49.5 Å². The van der Waals surface area contributed by atoms with Crippen LogP contribution in [0.3, 0.4) is 0 Å². The number of hydrogen-bond acceptors (Lipinski definition) is 4. The lowest BCUT2D eigenvalue weighted by molar-refractivity contribution is 0.402. The molecule has 1 aromatic carbocycles. The van der Waals surface area contributed by atoms with E-state index in [0.717, 1.165) is 37.2 Å². The highest BCUT2D eigenvalue weighted by Gasteiger charge is 2.21. The summed E-state index contributed by atoms with van der Waals surface area (Å²) in [5.41, 5.74) is 3.29. The van der Waals surface area contributed by atoms with Crippen LogP contribution in [0.2, 0.25) is 0 Å². The highest BCUT2D eigenvalue weighted by molar-refractivity contribution is 7.89. The van der Waals surface area contributed by atoms with Gasteiger partial charge in [0.05, 0.1) is 5.75 Å². The second kappa shape index (κ2) is 8.64. The molecule has 3 rings (SSSR count). The SMILES string of the molecule is Cc1cc(N2CCC(CNS(=O)(=O)CCc3ccccc3)CC2)ccn1. The molecule has 1 N–H and O–H groups in total. The number of nitrogens with one attached hydrogen (secondary N) is 1. The number of piperidine rings is 1. The number of sulfonamides is 1. The standard InChI is InChI=1S/C20H27N3O2S/c1-17-15-20(7-11-21-17)23-12-8-19(9-13-23)16-22-26(24,25)14-10-18-5-3-2-4-6-18/h2-7,11,15,19,22H,8-10,12-14,16H2,1H3. The van der Waals surface area contributed by atoms with Crippen molar-refractivity contribution in [2.45, 2.75) is 26.2 Å². The molecule has 0 atom stereocenters. The molecule has 1 aromatic heterocycles. The molecular formula is C20H27N3O2S. The molecular weight excluding hydrogens is 346 g/mol. The molecule has 0 unspecified atom stereocenters. The van der Waals surface area contributed by atoms with Gasteiger partial charge in [-0.3, -0.25) is 4.98 Å². The van der Waals surface area contributed by atoms with Gasteiger partial charge in [-0.05, 0) is 49.8 Å². The summed E-state index contributed by atoms with van der Waals surface area (Å²) in [6, 6.07) is 13.9. The van der Waals surface area contributed by atoms with Crippen LogP contribution in [0.15, 0.2) is 48.7 Å². The average Bonchev–Trinajstić information content (AvgIpc) is 2.66. The van der Waals surface area contributed by atoms with E-state index in [9.17, 15) is 8.42 Å². The molecule has 6 heteroatoms. The Hall–Kier alpha value is -1.92. The van der Waals surface area contributed by atoms with E-state index in [0.29, 0.717) is 18.9 Å². The first kappa shape index (κ1) is 18.9. The van der Waals surface area contributed by atoms with Gasteiger partial charge in [-0.15, -0.1) is 0 Å². The lowest BCUT2D eigenvalue weighted by Crippen LogP contribution is -2.39. The number of nitrogens with zero attached hydrogens (tertiary/aromatic N) is 2. The molecule has 1 saturated heterocycles. The molecule has 1 aliphatic rings. The molecule has 0 spiro atoms. The van der Waals surface area contributed by atoms with Crippen LogP contribution >= 0.6 is 0 Å². The van der Waals surface area contributed by atoms with Crippen LogP contribution in [0.25, 0.3) is 0 Å². The molecule has 0 amide bonds. The van der Waals surface area contributed by atoms with Gasteiger partial charge < -0.3 is 4.90 Å². The largest absolute Gasteiger partial charge is 0.371 e. The first-order valence-corrected chi connectivity index (χ1v) is 10.9. The van der Waals surface area contributed by atoms with Crippen LogP contribution in [-0.4, -0.2) is 38.8 Å². The summed E-state index contributed by atoms with van der Waals surface area (Å²) >= 11 is 0. The zero-order valence-corrected chi connectivity index (χ0v) is 16.1. The van der Waals surface area contributed by atoms with E-state index < -0.39 is 10.0 Å². The maximum atomic E-state index is 12.2. The third-order valence-corrected chi connectivity index (χ3v) is 6.30. The van der Waals surface area contributed by atoms with Crippen molar-refractivity contribution in [3.05, 3.63) is 59.9 Å². The minimum Gasteiger partial charge on any atom is -0.371 e. The number of hydrogen-bond donors (Lipinski definition) is 1. The third-order valence-electron chi connectivity index (χ3n) is 4.95. The van der Waals surface area contributed by atoms with Crippen molar-refractivity contribution < 1.29 is 8.42 Å². The number of rotatable bonds is 7. The van der Waals surface area contributed by atoms with Crippen molar-refractivity contribution in [3.8, 4) is 0 Å². The molecule has 1 fully saturated rings. The molecule has 0 bridgehead atoms. The Balaban J connectivity index is 1.43. The zero-order chi connectivity index (χ0) is 18.4. The second-order valence-electron chi connectivity index (χ2n) is 6.99. The van der Waals surface area contributed by atoms with Gasteiger partial charge in [-0.2, -0.15) is 0 Å². The van der Waals surface area contributed by atoms with Crippen LogP contribution in [0.4, 0.5) is 5.69 Å². The van der Waals surface area contributed by atoms with Gasteiger partial charge in [0.25, 0.3) is 0 Å². The Kier molecular flexibility index (Phi) is 6.27. The Labute approximate surface area is 156 Å². The minimum absolute atomic E-state index is 0.145. The highest BCUT2D eigenvalue weighted by atomic mass is 32.2. The van der Waals surface area contributed by atoms with Crippen LogP contribution in [0.1, 0.15) is 24.1 Å². The fraction of sp³-hybridized carbons (Fsp3) is 0.450. The Morgan fingerprint density at radius 1 is 1.15 bits per heavy atom. The van der Waals surface area contributed by atoms with Crippen molar-refractivity contribution in [3.63, 3.8) is 0 Å². The van der Waals surface area contributed by atoms with Crippen LogP contribution in [-0.2, 0) is 16.4 Å². The zero-order valence-electron chi connectivity index (χ0n) is 15.3. The van der Waals surface area contributed by atoms with Gasteiger partial charge in [-0.1, -0.05) is 30.3 Å².